The summed E-state index contributed by atoms with van der Waals surface area (Å²) < 4.78 is 0. The van der Waals surface area contributed by atoms with Crippen LogP contribution in [0.15, 0.2) is 24.3 Å². The smallest absolute Gasteiger partial charge is 0.240 e. The molecule has 1 amide bonds. The van der Waals surface area contributed by atoms with E-state index in [-0.39, 0.29) is 5.91 Å². The van der Waals surface area contributed by atoms with Crippen molar-refractivity contribution in [1.29, 1.82) is 0 Å². The van der Waals surface area contributed by atoms with Crippen molar-refractivity contribution in [3.63, 3.8) is 0 Å². The number of carbonyl (C=O) groups is 1. The van der Waals surface area contributed by atoms with Crippen LogP contribution in [-0.4, -0.2) is 24.4 Å². The summed E-state index contributed by atoms with van der Waals surface area (Å²) in [6, 6.07) is 7.70. The molecule has 0 aliphatic rings. The van der Waals surface area contributed by atoms with Crippen molar-refractivity contribution in [1.82, 2.24) is 10.3 Å². The van der Waals surface area contributed by atoms with E-state index in [2.05, 4.69) is 10.3 Å². The quantitative estimate of drug-likeness (QED) is 0.487. The van der Waals surface area contributed by atoms with Gasteiger partial charge in [0.2, 0.25) is 5.91 Å². The first-order valence-corrected chi connectivity index (χ1v) is 6.17. The normalized spacial score (nSPS) is 11.7. The van der Waals surface area contributed by atoms with E-state index >= 15 is 0 Å². The maximum atomic E-state index is 11.6. The first-order valence-electron chi connectivity index (χ1n) is 5.79. The lowest BCUT2D eigenvalue weighted by Crippen LogP contribution is -2.46. The molecule has 0 radical (unpaired) electrons. The molecule has 0 saturated heterocycles. The summed E-state index contributed by atoms with van der Waals surface area (Å²) in [5.41, 5.74) is 2.79. The number of benzene rings is 1. The minimum atomic E-state index is -0.526. The number of hydrazine groups is 1. The third-order valence-electron chi connectivity index (χ3n) is 2.75. The Hall–Kier alpha value is -1.10. The Morgan fingerprint density at radius 1 is 1.50 bits per heavy atom. The van der Waals surface area contributed by atoms with Gasteiger partial charge in [-0.3, -0.25) is 10.2 Å². The molecule has 5 heteroatoms. The van der Waals surface area contributed by atoms with E-state index in [1.54, 1.807) is 0 Å². The van der Waals surface area contributed by atoms with Gasteiger partial charge in [0.25, 0.3) is 0 Å². The number of nitrogens with one attached hydrogen (secondary N) is 1. The summed E-state index contributed by atoms with van der Waals surface area (Å²) in [4.78, 5) is 13.7. The second kappa shape index (κ2) is 6.18. The number of rotatable bonds is 5. The minimum Gasteiger partial charge on any atom is -0.301 e. The molecule has 0 aliphatic heterocycles. The van der Waals surface area contributed by atoms with Gasteiger partial charge in [-0.2, -0.15) is 0 Å². The molecule has 0 aliphatic carbocycles. The Morgan fingerprint density at radius 2 is 2.17 bits per heavy atom. The minimum absolute atomic E-state index is 0.166. The van der Waals surface area contributed by atoms with Crippen molar-refractivity contribution in [3.05, 3.63) is 34.9 Å². The molecule has 0 saturated carbocycles. The van der Waals surface area contributed by atoms with Gasteiger partial charge in [0, 0.05) is 18.1 Å². The van der Waals surface area contributed by atoms with Crippen molar-refractivity contribution in [2.24, 2.45) is 11.3 Å². The van der Waals surface area contributed by atoms with Crippen LogP contribution in [0.4, 0.5) is 0 Å². The van der Waals surface area contributed by atoms with Crippen LogP contribution in [0.5, 0.6) is 0 Å². The second-order valence-electron chi connectivity index (χ2n) is 5.16. The van der Waals surface area contributed by atoms with Crippen LogP contribution in [0, 0.1) is 5.41 Å². The molecule has 0 aromatic heterocycles. The van der Waals surface area contributed by atoms with E-state index in [4.69, 9.17) is 17.4 Å². The van der Waals surface area contributed by atoms with E-state index in [9.17, 15) is 4.79 Å². The van der Waals surface area contributed by atoms with Crippen LogP contribution in [0.25, 0.3) is 0 Å². The number of carbonyl (C=O) groups excluding carboxylic acids is 1. The lowest BCUT2D eigenvalue weighted by Gasteiger charge is -2.28. The zero-order chi connectivity index (χ0) is 13.8. The van der Waals surface area contributed by atoms with Crippen LogP contribution in [0.3, 0.4) is 0 Å². The SMILES string of the molecule is CN(Cc1cccc(Cl)c1)CC(C)(C)C(=O)NN. The highest BCUT2D eigenvalue weighted by molar-refractivity contribution is 6.30. The molecule has 1 aromatic carbocycles. The van der Waals surface area contributed by atoms with Gasteiger partial charge >= 0.3 is 0 Å². The van der Waals surface area contributed by atoms with Gasteiger partial charge in [-0.25, -0.2) is 5.84 Å². The summed E-state index contributed by atoms with van der Waals surface area (Å²) in [5, 5.41) is 0.722. The predicted molar refractivity (Wildman–Crippen MR) is 73.9 cm³/mol. The molecule has 4 nitrogen and oxygen atoms in total. The van der Waals surface area contributed by atoms with E-state index in [1.807, 2.05) is 45.2 Å². The number of nitrogens with two attached hydrogens (primary N) is 1. The molecule has 0 bridgehead atoms. The Labute approximate surface area is 113 Å². The summed E-state index contributed by atoms with van der Waals surface area (Å²) in [7, 11) is 1.96. The molecule has 0 atom stereocenters. The maximum absolute atomic E-state index is 11.6. The van der Waals surface area contributed by atoms with E-state index in [1.165, 1.54) is 0 Å². The van der Waals surface area contributed by atoms with E-state index in [0.29, 0.717) is 6.54 Å². The van der Waals surface area contributed by atoms with E-state index in [0.717, 1.165) is 17.1 Å². The van der Waals surface area contributed by atoms with Gasteiger partial charge in [0.1, 0.15) is 0 Å². The Balaban J connectivity index is 2.61. The standard InChI is InChI=1S/C13H20ClN3O/c1-13(2,12(18)16-15)9-17(3)8-10-5-4-6-11(14)7-10/h4-7H,8-9,15H2,1-3H3,(H,16,18). The fourth-order valence-corrected chi connectivity index (χ4v) is 2.16. The largest absolute Gasteiger partial charge is 0.301 e. The van der Waals surface area contributed by atoms with Crippen LogP contribution in [0.2, 0.25) is 5.02 Å². The first kappa shape index (κ1) is 15.0. The highest BCUT2D eigenvalue weighted by atomic mass is 35.5. The zero-order valence-corrected chi connectivity index (χ0v) is 11.8. The Bertz CT molecular complexity index is 420. The average molecular weight is 270 g/mol. The fraction of sp³-hybridized carbons (Fsp3) is 0.462. The lowest BCUT2D eigenvalue weighted by molar-refractivity contribution is -0.130. The molecule has 0 spiro atoms. The third-order valence-corrected chi connectivity index (χ3v) is 2.99. The topological polar surface area (TPSA) is 58.4 Å². The van der Waals surface area contributed by atoms with Crippen molar-refractivity contribution < 1.29 is 4.79 Å². The zero-order valence-electron chi connectivity index (χ0n) is 11.0. The van der Waals surface area contributed by atoms with Crippen LogP contribution in [-0.2, 0) is 11.3 Å². The molecular weight excluding hydrogens is 250 g/mol. The predicted octanol–water partition coefficient (Wildman–Crippen LogP) is 1.79. The van der Waals surface area contributed by atoms with Gasteiger partial charge < -0.3 is 4.90 Å². The number of hydrogen-bond donors (Lipinski definition) is 2. The van der Waals surface area contributed by atoms with Crippen LogP contribution in [0.1, 0.15) is 19.4 Å². The number of hydrogen-bond acceptors (Lipinski definition) is 3. The summed E-state index contributed by atoms with van der Waals surface area (Å²) in [6.45, 7) is 5.08. The monoisotopic (exact) mass is 269 g/mol. The molecule has 18 heavy (non-hydrogen) atoms. The number of nitrogens with zero attached hydrogens (tertiary/aromatic N) is 1. The van der Waals surface area contributed by atoms with Gasteiger partial charge in [-0.15, -0.1) is 0 Å². The third kappa shape index (κ3) is 4.29. The van der Waals surface area contributed by atoms with Crippen molar-refractivity contribution >= 4 is 17.5 Å². The molecule has 0 fully saturated rings. The number of halogens is 1. The van der Waals surface area contributed by atoms with Gasteiger partial charge in [0.05, 0.1) is 5.41 Å². The molecule has 0 unspecified atom stereocenters. The molecule has 3 N–H and O–H groups in total. The summed E-state index contributed by atoms with van der Waals surface area (Å²) in [5.74, 6) is 5.00. The van der Waals surface area contributed by atoms with Crippen molar-refractivity contribution in [3.8, 4) is 0 Å². The molecule has 100 valence electrons. The van der Waals surface area contributed by atoms with Gasteiger partial charge in [-0.05, 0) is 38.6 Å². The molecule has 1 rings (SSSR count). The van der Waals surface area contributed by atoms with Gasteiger partial charge in [0.15, 0.2) is 0 Å². The summed E-state index contributed by atoms with van der Waals surface area (Å²) in [6.07, 6.45) is 0. The Morgan fingerprint density at radius 3 is 2.72 bits per heavy atom. The fourth-order valence-electron chi connectivity index (χ4n) is 1.94. The molecular formula is C13H20ClN3O. The molecule has 1 aromatic rings. The van der Waals surface area contributed by atoms with Crippen LogP contribution < -0.4 is 11.3 Å². The van der Waals surface area contributed by atoms with Crippen LogP contribution >= 0.6 is 11.6 Å². The Kier molecular flexibility index (Phi) is 5.14. The lowest BCUT2D eigenvalue weighted by atomic mass is 9.92. The average Bonchev–Trinajstić information content (AvgIpc) is 2.26. The number of amides is 1. The highest BCUT2D eigenvalue weighted by Crippen LogP contribution is 2.18. The van der Waals surface area contributed by atoms with Gasteiger partial charge in [-0.1, -0.05) is 23.7 Å². The van der Waals surface area contributed by atoms with Crippen molar-refractivity contribution in [2.75, 3.05) is 13.6 Å². The maximum Gasteiger partial charge on any atom is 0.240 e. The summed E-state index contributed by atoms with van der Waals surface area (Å²) >= 11 is 5.94. The molecule has 0 heterocycles. The first-order chi connectivity index (χ1) is 8.35. The van der Waals surface area contributed by atoms with Crippen molar-refractivity contribution in [2.45, 2.75) is 20.4 Å². The second-order valence-corrected chi connectivity index (χ2v) is 5.60. The van der Waals surface area contributed by atoms with E-state index < -0.39 is 5.41 Å². The highest BCUT2D eigenvalue weighted by Gasteiger charge is 2.28.